The fourth-order valence-corrected chi connectivity index (χ4v) is 3.22. The predicted molar refractivity (Wildman–Crippen MR) is 74.7 cm³/mol. The van der Waals surface area contributed by atoms with Gasteiger partial charge in [-0.3, -0.25) is 0 Å². The van der Waals surface area contributed by atoms with E-state index in [2.05, 4.69) is 10.0 Å². The summed E-state index contributed by atoms with van der Waals surface area (Å²) in [5, 5.41) is 12.4. The topological polar surface area (TPSA) is 91.6 Å². The van der Waals surface area contributed by atoms with Crippen LogP contribution in [0.5, 0.6) is 0 Å². The molecular weight excluding hydrogens is 280 g/mol. The van der Waals surface area contributed by atoms with Crippen LogP contribution in [0.15, 0.2) is 21.6 Å². The van der Waals surface area contributed by atoms with Gasteiger partial charge >= 0.3 is 0 Å². The number of aliphatic hydroxyl groups is 1. The number of hydrogen-bond donors (Lipinski definition) is 3. The monoisotopic (exact) mass is 302 g/mol. The van der Waals surface area contributed by atoms with Gasteiger partial charge in [0.15, 0.2) is 0 Å². The van der Waals surface area contributed by atoms with Gasteiger partial charge in [0.25, 0.3) is 10.0 Å². The normalized spacial score (nSPS) is 18.9. The minimum atomic E-state index is -3.66. The van der Waals surface area contributed by atoms with Crippen molar-refractivity contribution in [3.63, 3.8) is 0 Å². The lowest BCUT2D eigenvalue weighted by Crippen LogP contribution is -2.34. The zero-order valence-corrected chi connectivity index (χ0v) is 12.6. The smallest absolute Gasteiger partial charge is 0.274 e. The summed E-state index contributed by atoms with van der Waals surface area (Å²) in [5.41, 5.74) is 0. The fourth-order valence-electron chi connectivity index (χ4n) is 2.01. The Morgan fingerprint density at radius 2 is 2.10 bits per heavy atom. The van der Waals surface area contributed by atoms with E-state index in [1.807, 2.05) is 0 Å². The quantitative estimate of drug-likeness (QED) is 0.665. The van der Waals surface area contributed by atoms with Gasteiger partial charge in [-0.05, 0) is 45.2 Å². The van der Waals surface area contributed by atoms with E-state index in [1.165, 1.54) is 18.9 Å². The van der Waals surface area contributed by atoms with Gasteiger partial charge in [-0.1, -0.05) is 0 Å². The highest BCUT2D eigenvalue weighted by molar-refractivity contribution is 7.89. The number of sulfonamides is 1. The second kappa shape index (κ2) is 6.26. The van der Waals surface area contributed by atoms with E-state index >= 15 is 0 Å². The fraction of sp³-hybridized carbons (Fsp3) is 0.692. The standard InChI is InChI=1S/C13H22N2O4S/c1-9(7-10(2)16)15-20(17,18)13-6-5-12(19-13)8-14-11-3-4-11/h5-6,9-11,14-16H,3-4,7-8H2,1-2H3. The first kappa shape index (κ1) is 15.5. The molecule has 0 aromatic carbocycles. The molecule has 1 aliphatic rings. The molecule has 1 heterocycles. The van der Waals surface area contributed by atoms with E-state index in [1.54, 1.807) is 19.9 Å². The first-order valence-electron chi connectivity index (χ1n) is 6.89. The molecule has 20 heavy (non-hydrogen) atoms. The first-order valence-corrected chi connectivity index (χ1v) is 8.37. The predicted octanol–water partition coefficient (Wildman–Crippen LogP) is 0.969. The number of rotatable bonds is 8. The lowest BCUT2D eigenvalue weighted by Gasteiger charge is -2.14. The third kappa shape index (κ3) is 4.59. The van der Waals surface area contributed by atoms with E-state index in [-0.39, 0.29) is 11.1 Å². The lowest BCUT2D eigenvalue weighted by atomic mass is 10.2. The summed E-state index contributed by atoms with van der Waals surface area (Å²) in [7, 11) is -3.66. The molecule has 0 radical (unpaired) electrons. The summed E-state index contributed by atoms with van der Waals surface area (Å²) in [6, 6.07) is 3.33. The summed E-state index contributed by atoms with van der Waals surface area (Å²) in [6.07, 6.45) is 2.15. The molecule has 1 saturated carbocycles. The summed E-state index contributed by atoms with van der Waals surface area (Å²) >= 11 is 0. The van der Waals surface area contributed by atoms with Crippen LogP contribution in [0.4, 0.5) is 0 Å². The maximum atomic E-state index is 12.1. The Hall–Kier alpha value is -0.890. The Bertz CT molecular complexity index is 534. The number of nitrogens with one attached hydrogen (secondary N) is 2. The van der Waals surface area contributed by atoms with Crippen LogP contribution in [0.2, 0.25) is 0 Å². The van der Waals surface area contributed by atoms with Crippen LogP contribution in [-0.4, -0.2) is 31.7 Å². The molecule has 1 aliphatic carbocycles. The van der Waals surface area contributed by atoms with E-state index in [0.717, 1.165) is 0 Å². The highest BCUT2D eigenvalue weighted by atomic mass is 32.2. The van der Waals surface area contributed by atoms with Crippen molar-refractivity contribution in [3.8, 4) is 0 Å². The summed E-state index contributed by atoms with van der Waals surface area (Å²) in [6.45, 7) is 3.88. The maximum absolute atomic E-state index is 12.1. The van der Waals surface area contributed by atoms with Crippen LogP contribution in [0, 0.1) is 0 Å². The Morgan fingerprint density at radius 3 is 2.70 bits per heavy atom. The van der Waals surface area contributed by atoms with Crippen molar-refractivity contribution in [1.29, 1.82) is 0 Å². The maximum Gasteiger partial charge on any atom is 0.274 e. The van der Waals surface area contributed by atoms with Gasteiger partial charge in [0, 0.05) is 12.1 Å². The molecule has 2 unspecified atom stereocenters. The van der Waals surface area contributed by atoms with Crippen molar-refractivity contribution in [2.24, 2.45) is 0 Å². The van der Waals surface area contributed by atoms with Gasteiger partial charge in [-0.2, -0.15) is 0 Å². The van der Waals surface area contributed by atoms with Gasteiger partial charge in [0.2, 0.25) is 5.09 Å². The van der Waals surface area contributed by atoms with Gasteiger partial charge in [0.05, 0.1) is 12.6 Å². The molecule has 0 saturated heterocycles. The molecule has 0 aliphatic heterocycles. The van der Waals surface area contributed by atoms with Crippen molar-refractivity contribution in [2.45, 2.75) is 62.9 Å². The molecule has 2 atom stereocenters. The molecule has 3 N–H and O–H groups in total. The zero-order chi connectivity index (χ0) is 14.8. The number of furan rings is 1. The van der Waals surface area contributed by atoms with Crippen LogP contribution in [0.25, 0.3) is 0 Å². The molecule has 7 heteroatoms. The van der Waals surface area contributed by atoms with Crippen molar-refractivity contribution in [2.75, 3.05) is 0 Å². The van der Waals surface area contributed by atoms with Gasteiger partial charge in [-0.25, -0.2) is 13.1 Å². The van der Waals surface area contributed by atoms with Crippen LogP contribution in [0.3, 0.4) is 0 Å². The highest BCUT2D eigenvalue weighted by Gasteiger charge is 2.23. The van der Waals surface area contributed by atoms with E-state index in [9.17, 15) is 13.5 Å². The lowest BCUT2D eigenvalue weighted by molar-refractivity contribution is 0.174. The number of hydrogen-bond acceptors (Lipinski definition) is 5. The molecule has 0 spiro atoms. The Balaban J connectivity index is 1.94. The first-order chi connectivity index (χ1) is 9.37. The van der Waals surface area contributed by atoms with Crippen molar-refractivity contribution in [3.05, 3.63) is 17.9 Å². The van der Waals surface area contributed by atoms with E-state index in [4.69, 9.17) is 4.42 Å². The third-order valence-electron chi connectivity index (χ3n) is 3.10. The molecule has 0 amide bonds. The molecule has 1 aromatic rings. The molecule has 1 aromatic heterocycles. The Labute approximate surface area is 119 Å². The average Bonchev–Trinajstić information content (AvgIpc) is 3.01. The molecule has 114 valence electrons. The van der Waals surface area contributed by atoms with Crippen molar-refractivity contribution in [1.82, 2.24) is 10.0 Å². The van der Waals surface area contributed by atoms with Crippen LogP contribution < -0.4 is 10.0 Å². The SMILES string of the molecule is CC(O)CC(C)NS(=O)(=O)c1ccc(CNC2CC2)o1. The molecule has 6 nitrogen and oxygen atoms in total. The Kier molecular flexibility index (Phi) is 4.85. The largest absolute Gasteiger partial charge is 0.447 e. The molecule has 0 bridgehead atoms. The molecular formula is C13H22N2O4S. The molecule has 2 rings (SSSR count). The average molecular weight is 302 g/mol. The van der Waals surface area contributed by atoms with Crippen LogP contribution in [0.1, 0.15) is 38.9 Å². The zero-order valence-electron chi connectivity index (χ0n) is 11.8. The summed E-state index contributed by atoms with van der Waals surface area (Å²) < 4.78 is 32.0. The van der Waals surface area contributed by atoms with Crippen LogP contribution in [-0.2, 0) is 16.6 Å². The van der Waals surface area contributed by atoms with Crippen LogP contribution >= 0.6 is 0 Å². The van der Waals surface area contributed by atoms with E-state index in [0.29, 0.717) is 24.8 Å². The van der Waals surface area contributed by atoms with E-state index < -0.39 is 16.1 Å². The third-order valence-corrected chi connectivity index (χ3v) is 4.56. The second-order valence-electron chi connectivity index (χ2n) is 5.48. The Morgan fingerprint density at radius 1 is 1.40 bits per heavy atom. The summed E-state index contributed by atoms with van der Waals surface area (Å²) in [4.78, 5) is 0. The van der Waals surface area contributed by atoms with Gasteiger partial charge in [-0.15, -0.1) is 0 Å². The molecule has 1 fully saturated rings. The van der Waals surface area contributed by atoms with Gasteiger partial charge in [0.1, 0.15) is 5.76 Å². The summed E-state index contributed by atoms with van der Waals surface area (Å²) in [5.74, 6) is 0.612. The highest BCUT2D eigenvalue weighted by Crippen LogP contribution is 2.20. The van der Waals surface area contributed by atoms with Crippen molar-refractivity contribution < 1.29 is 17.9 Å². The number of aliphatic hydroxyl groups excluding tert-OH is 1. The minimum absolute atomic E-state index is 0.0810. The van der Waals surface area contributed by atoms with Crippen molar-refractivity contribution >= 4 is 10.0 Å². The minimum Gasteiger partial charge on any atom is -0.447 e. The second-order valence-corrected chi connectivity index (χ2v) is 7.13. The van der Waals surface area contributed by atoms with Gasteiger partial charge < -0.3 is 14.8 Å².